The summed E-state index contributed by atoms with van der Waals surface area (Å²) in [6, 6.07) is 0.0500. The van der Waals surface area contributed by atoms with Crippen LogP contribution in [-0.4, -0.2) is 110 Å². The van der Waals surface area contributed by atoms with Crippen LogP contribution in [-0.2, 0) is 22.8 Å². The van der Waals surface area contributed by atoms with E-state index in [0.29, 0.717) is 43.1 Å². The lowest BCUT2D eigenvalue weighted by atomic mass is 10.1. The van der Waals surface area contributed by atoms with Gasteiger partial charge in [0.15, 0.2) is 54.4 Å². The van der Waals surface area contributed by atoms with E-state index < -0.39 is 49.5 Å². The highest BCUT2D eigenvalue weighted by Crippen LogP contribution is 2.47. The summed E-state index contributed by atoms with van der Waals surface area (Å²) in [6.45, 7) is 35.4. The number of anilines is 1. The van der Waals surface area contributed by atoms with Crippen molar-refractivity contribution < 1.29 is 27.5 Å². The standard InChI is InChI=1S/C35H62N8O6Si3/c1-33(2,3)50(10,11)46-21-25-27(48-51(12,13)34(4,5)6)28(49-52(14,15)35(7,8)9)31(47-25)42-22-36-26-29(37-23-16-17-45-20-23)38-32(39-30(26)42)43-18-24(19-44)40-41-43/h18-19,22-23,25,27-28,31H,16-17,20-21H2,1-15H3,(H,37,38,39)/t23?,25-,27-,28-,31-/m1/s1. The Kier molecular flexibility index (Phi) is 11.3. The van der Waals surface area contributed by atoms with E-state index in [-0.39, 0.29) is 32.8 Å². The van der Waals surface area contributed by atoms with Crippen LogP contribution in [0.25, 0.3) is 17.1 Å². The molecule has 14 nitrogen and oxygen atoms in total. The van der Waals surface area contributed by atoms with Gasteiger partial charge in [-0.3, -0.25) is 9.36 Å². The zero-order chi connectivity index (χ0) is 38.7. The van der Waals surface area contributed by atoms with Crippen LogP contribution in [0.15, 0.2) is 12.5 Å². The van der Waals surface area contributed by atoms with E-state index in [1.165, 1.54) is 10.9 Å². The highest BCUT2D eigenvalue weighted by atomic mass is 28.4. The predicted molar refractivity (Wildman–Crippen MR) is 210 cm³/mol. The third-order valence-electron chi connectivity index (χ3n) is 12.0. The lowest BCUT2D eigenvalue weighted by molar-refractivity contribution is -0.0470. The molecule has 0 bridgehead atoms. The van der Waals surface area contributed by atoms with Gasteiger partial charge in [0.2, 0.25) is 0 Å². The molecule has 2 aliphatic rings. The molecule has 0 saturated carbocycles. The SMILES string of the molecule is CC(C)(C)[Si](C)(C)OC[C@H]1O[C@@H](n2cnc3c(NC4CCOC4)nc(-n4cc(C=O)nn4)nc32)[C@H](O[Si](C)(C)C(C)(C)C)[C@@H]1O[Si](C)(C)C(C)(C)C. The van der Waals surface area contributed by atoms with Gasteiger partial charge in [-0.05, 0) is 60.8 Å². The van der Waals surface area contributed by atoms with Gasteiger partial charge in [-0.15, -0.1) is 5.10 Å². The van der Waals surface area contributed by atoms with Crippen molar-refractivity contribution in [1.29, 1.82) is 0 Å². The molecule has 3 aromatic rings. The van der Waals surface area contributed by atoms with E-state index in [1.807, 2.05) is 4.57 Å². The quantitative estimate of drug-likeness (QED) is 0.148. The maximum Gasteiger partial charge on any atom is 0.256 e. The normalized spacial score (nSPS) is 23.9. The van der Waals surface area contributed by atoms with Crippen molar-refractivity contribution in [2.45, 2.75) is 154 Å². The molecule has 2 saturated heterocycles. The minimum atomic E-state index is -2.40. The molecule has 2 fully saturated rings. The predicted octanol–water partition coefficient (Wildman–Crippen LogP) is 7.12. The molecule has 1 N–H and O–H groups in total. The molecule has 0 spiro atoms. The van der Waals surface area contributed by atoms with Gasteiger partial charge in [0, 0.05) is 6.61 Å². The first-order valence-electron chi connectivity index (χ1n) is 18.5. The second-order valence-electron chi connectivity index (χ2n) is 18.9. The molecule has 290 valence electrons. The number of nitrogens with zero attached hydrogens (tertiary/aromatic N) is 7. The minimum absolute atomic E-state index is 0.0184. The molecule has 17 heteroatoms. The van der Waals surface area contributed by atoms with Gasteiger partial charge in [0.05, 0.1) is 31.8 Å². The Morgan fingerprint density at radius 1 is 0.904 bits per heavy atom. The van der Waals surface area contributed by atoms with Gasteiger partial charge < -0.3 is 28.1 Å². The lowest BCUT2D eigenvalue weighted by Gasteiger charge is -2.44. The Morgan fingerprint density at radius 2 is 1.52 bits per heavy atom. The summed E-state index contributed by atoms with van der Waals surface area (Å²) < 4.78 is 37.8. The fourth-order valence-electron chi connectivity index (χ4n) is 5.44. The number of hydrogen-bond acceptors (Lipinski definition) is 12. The fourth-order valence-corrected chi connectivity index (χ4v) is 9.06. The first kappa shape index (κ1) is 40.8. The molecule has 0 aromatic carbocycles. The second-order valence-corrected chi connectivity index (χ2v) is 33.3. The Balaban J connectivity index is 1.68. The van der Waals surface area contributed by atoms with Gasteiger partial charge in [0.1, 0.15) is 24.0 Å². The minimum Gasteiger partial charge on any atom is -0.414 e. The van der Waals surface area contributed by atoms with Crippen LogP contribution < -0.4 is 5.32 Å². The van der Waals surface area contributed by atoms with Crippen LogP contribution in [0.4, 0.5) is 5.82 Å². The largest absolute Gasteiger partial charge is 0.414 e. The van der Waals surface area contributed by atoms with E-state index in [9.17, 15) is 4.79 Å². The summed E-state index contributed by atoms with van der Waals surface area (Å²) in [5.41, 5.74) is 1.28. The lowest BCUT2D eigenvalue weighted by Crippen LogP contribution is -2.54. The third-order valence-corrected chi connectivity index (χ3v) is 25.4. The summed E-state index contributed by atoms with van der Waals surface area (Å²) in [7, 11) is -6.90. The van der Waals surface area contributed by atoms with Gasteiger partial charge in [0.25, 0.3) is 5.95 Å². The average molecular weight is 775 g/mol. The van der Waals surface area contributed by atoms with Gasteiger partial charge in [-0.1, -0.05) is 67.5 Å². The molecule has 5 rings (SSSR count). The Morgan fingerprint density at radius 3 is 2.06 bits per heavy atom. The van der Waals surface area contributed by atoms with Gasteiger partial charge in [-0.2, -0.15) is 14.6 Å². The van der Waals surface area contributed by atoms with Crippen LogP contribution >= 0.6 is 0 Å². The average Bonchev–Trinajstić information content (AvgIpc) is 3.82. The summed E-state index contributed by atoms with van der Waals surface area (Å²) in [5, 5.41) is 11.5. The van der Waals surface area contributed by atoms with Gasteiger partial charge in [-0.25, -0.2) is 4.98 Å². The first-order valence-corrected chi connectivity index (χ1v) is 27.2. The maximum absolute atomic E-state index is 11.5. The number of imidazole rings is 1. The molecule has 0 aliphatic carbocycles. The van der Waals surface area contributed by atoms with Crippen molar-refractivity contribution in [2.75, 3.05) is 25.1 Å². The molecule has 2 aliphatic heterocycles. The fraction of sp³-hybridized carbons (Fsp3) is 0.771. The van der Waals surface area contributed by atoms with E-state index in [1.54, 1.807) is 6.33 Å². The van der Waals surface area contributed by atoms with Crippen molar-refractivity contribution >= 4 is 48.2 Å². The monoisotopic (exact) mass is 774 g/mol. The number of hydrogen-bond donors (Lipinski definition) is 1. The highest BCUT2D eigenvalue weighted by molar-refractivity contribution is 6.75. The number of aromatic nitrogens is 7. The van der Waals surface area contributed by atoms with Crippen LogP contribution in [0.5, 0.6) is 0 Å². The van der Waals surface area contributed by atoms with Crippen LogP contribution in [0, 0.1) is 0 Å². The maximum atomic E-state index is 11.5. The third kappa shape index (κ3) is 8.30. The summed E-state index contributed by atoms with van der Waals surface area (Å²) in [4.78, 5) is 26.2. The number of carbonyl (C=O) groups is 1. The van der Waals surface area contributed by atoms with Crippen molar-refractivity contribution in [1.82, 2.24) is 34.5 Å². The van der Waals surface area contributed by atoms with E-state index in [2.05, 4.69) is 117 Å². The van der Waals surface area contributed by atoms with Gasteiger partial charge >= 0.3 is 0 Å². The number of rotatable bonds is 12. The number of carbonyl (C=O) groups excluding carboxylic acids is 1. The van der Waals surface area contributed by atoms with Crippen LogP contribution in [0.3, 0.4) is 0 Å². The molecule has 1 unspecified atom stereocenters. The molecule has 52 heavy (non-hydrogen) atoms. The van der Waals surface area contributed by atoms with Crippen molar-refractivity contribution in [3.8, 4) is 5.95 Å². The summed E-state index contributed by atoms with van der Waals surface area (Å²) in [5.74, 6) is 0.771. The summed E-state index contributed by atoms with van der Waals surface area (Å²) >= 11 is 0. The number of ether oxygens (including phenoxy) is 2. The zero-order valence-corrected chi connectivity index (χ0v) is 37.0. The van der Waals surface area contributed by atoms with Crippen molar-refractivity contribution in [3.05, 3.63) is 18.2 Å². The Labute approximate surface area is 312 Å². The van der Waals surface area contributed by atoms with E-state index >= 15 is 0 Å². The first-order chi connectivity index (χ1) is 23.8. The number of aldehydes is 1. The highest BCUT2D eigenvalue weighted by Gasteiger charge is 2.55. The molecule has 5 atom stereocenters. The van der Waals surface area contributed by atoms with Crippen LogP contribution in [0.1, 0.15) is 85.5 Å². The molecular formula is C35H62N8O6Si3. The van der Waals surface area contributed by atoms with E-state index in [4.69, 9.17) is 37.7 Å². The van der Waals surface area contributed by atoms with Crippen LogP contribution in [0.2, 0.25) is 54.4 Å². The Hall–Kier alpha value is -2.39. The second kappa shape index (κ2) is 14.4. The topological polar surface area (TPSA) is 150 Å². The smallest absolute Gasteiger partial charge is 0.256 e. The molecule has 0 radical (unpaired) electrons. The zero-order valence-electron chi connectivity index (χ0n) is 34.0. The van der Waals surface area contributed by atoms with Crippen molar-refractivity contribution in [2.24, 2.45) is 0 Å². The van der Waals surface area contributed by atoms with Crippen molar-refractivity contribution in [3.63, 3.8) is 0 Å². The van der Waals surface area contributed by atoms with E-state index in [0.717, 1.165) is 6.42 Å². The number of nitrogens with one attached hydrogen (secondary N) is 1. The number of fused-ring (bicyclic) bond motifs is 1. The summed E-state index contributed by atoms with van der Waals surface area (Å²) in [6.07, 6.45) is 2.76. The molecule has 3 aromatic heterocycles. The molecule has 5 heterocycles. The Bertz CT molecular complexity index is 1720. The molecular weight excluding hydrogens is 713 g/mol. The molecule has 0 amide bonds.